The third-order valence-corrected chi connectivity index (χ3v) is 5.54. The van der Waals surface area contributed by atoms with Gasteiger partial charge in [-0.2, -0.15) is 5.26 Å². The van der Waals surface area contributed by atoms with Crippen LogP contribution in [0.1, 0.15) is 36.8 Å². The summed E-state index contributed by atoms with van der Waals surface area (Å²) < 4.78 is 5.16. The Morgan fingerprint density at radius 3 is 2.76 bits per heavy atom. The molecule has 0 N–H and O–H groups in total. The van der Waals surface area contributed by atoms with E-state index in [-0.39, 0.29) is 11.3 Å². The van der Waals surface area contributed by atoms with Crippen molar-refractivity contribution in [2.45, 2.75) is 32.2 Å². The van der Waals surface area contributed by atoms with Crippen LogP contribution in [0.3, 0.4) is 0 Å². The van der Waals surface area contributed by atoms with Crippen LogP contribution in [-0.2, 0) is 16.1 Å². The summed E-state index contributed by atoms with van der Waals surface area (Å²) >= 11 is 0. The highest BCUT2D eigenvalue weighted by molar-refractivity contribution is 5.77. The number of benzene rings is 1. The predicted octanol–water partition coefficient (Wildman–Crippen LogP) is 2.41. The largest absolute Gasteiger partial charge is 0.383 e. The van der Waals surface area contributed by atoms with Crippen LogP contribution in [0.2, 0.25) is 0 Å². The molecule has 25 heavy (non-hydrogen) atoms. The molecular formula is C20H27N3O2. The van der Waals surface area contributed by atoms with Gasteiger partial charge in [-0.1, -0.05) is 12.1 Å². The number of nitrogens with zero attached hydrogens (tertiary/aromatic N) is 3. The van der Waals surface area contributed by atoms with E-state index in [1.165, 1.54) is 18.4 Å². The molecule has 1 atom stereocenters. The quantitative estimate of drug-likeness (QED) is 0.825. The Labute approximate surface area is 150 Å². The number of likely N-dealkylation sites (tertiary alicyclic amines) is 2. The van der Waals surface area contributed by atoms with Crippen LogP contribution < -0.4 is 0 Å². The Balaban J connectivity index is 1.63. The van der Waals surface area contributed by atoms with Crippen molar-refractivity contribution < 1.29 is 9.53 Å². The first-order valence-electron chi connectivity index (χ1n) is 9.12. The van der Waals surface area contributed by atoms with Gasteiger partial charge in [0.05, 0.1) is 18.2 Å². The monoisotopic (exact) mass is 341 g/mol. The molecule has 0 bridgehead atoms. The summed E-state index contributed by atoms with van der Waals surface area (Å²) in [6, 6.07) is 10.0. The molecule has 1 amide bonds. The minimum atomic E-state index is 0.229. The van der Waals surface area contributed by atoms with Crippen LogP contribution >= 0.6 is 0 Å². The molecular weight excluding hydrogens is 314 g/mol. The average Bonchev–Trinajstić information content (AvgIpc) is 2.64. The molecule has 2 heterocycles. The Bertz CT molecular complexity index is 637. The molecule has 0 aromatic heterocycles. The van der Waals surface area contributed by atoms with Gasteiger partial charge in [-0.25, -0.2) is 0 Å². The van der Waals surface area contributed by atoms with E-state index in [2.05, 4.69) is 23.1 Å². The molecule has 2 aliphatic heterocycles. The molecule has 134 valence electrons. The summed E-state index contributed by atoms with van der Waals surface area (Å²) in [5.74, 6) is 0.270. The molecule has 2 saturated heterocycles. The first-order valence-corrected chi connectivity index (χ1v) is 9.12. The Morgan fingerprint density at radius 2 is 2.04 bits per heavy atom. The van der Waals surface area contributed by atoms with E-state index in [4.69, 9.17) is 10.00 Å². The molecule has 0 radical (unpaired) electrons. The van der Waals surface area contributed by atoms with Gasteiger partial charge >= 0.3 is 0 Å². The first kappa shape index (κ1) is 17.9. The minimum Gasteiger partial charge on any atom is -0.383 e. The number of carbonyl (C=O) groups is 1. The van der Waals surface area contributed by atoms with Crippen molar-refractivity contribution >= 4 is 5.91 Å². The van der Waals surface area contributed by atoms with Gasteiger partial charge in [0.1, 0.15) is 0 Å². The van der Waals surface area contributed by atoms with Crippen LogP contribution in [0.25, 0.3) is 0 Å². The van der Waals surface area contributed by atoms with Gasteiger partial charge < -0.3 is 9.64 Å². The molecule has 0 saturated carbocycles. The van der Waals surface area contributed by atoms with Gasteiger partial charge in [0.25, 0.3) is 0 Å². The lowest BCUT2D eigenvalue weighted by molar-refractivity contribution is -0.140. The van der Waals surface area contributed by atoms with Crippen molar-refractivity contribution in [2.24, 2.45) is 5.41 Å². The SMILES string of the molecule is COCCN1C[C@@]2(CCCN(Cc3ccc(C#N)cc3)C2)CCC1=O. The van der Waals surface area contributed by atoms with E-state index >= 15 is 0 Å². The zero-order valence-corrected chi connectivity index (χ0v) is 15.0. The zero-order valence-electron chi connectivity index (χ0n) is 15.0. The van der Waals surface area contributed by atoms with Gasteiger partial charge in [0.2, 0.25) is 5.91 Å². The van der Waals surface area contributed by atoms with Crippen molar-refractivity contribution in [1.29, 1.82) is 5.26 Å². The summed E-state index contributed by atoms with van der Waals surface area (Å²) in [5, 5.41) is 8.92. The standard InChI is InChI=1S/C20H27N3O2/c1-25-12-11-23-16-20(9-7-19(23)24)8-2-10-22(15-20)14-18-5-3-17(13-21)4-6-18/h3-6H,2,7-12,14-16H2,1H3/t20-/m0/s1. The Morgan fingerprint density at radius 1 is 1.24 bits per heavy atom. The van der Waals surface area contributed by atoms with Crippen molar-refractivity contribution in [1.82, 2.24) is 9.80 Å². The second-order valence-electron chi connectivity index (χ2n) is 7.43. The van der Waals surface area contributed by atoms with Crippen molar-refractivity contribution in [3.05, 3.63) is 35.4 Å². The fraction of sp³-hybridized carbons (Fsp3) is 0.600. The van der Waals surface area contributed by atoms with Gasteiger partial charge in [-0.15, -0.1) is 0 Å². The number of rotatable bonds is 5. The van der Waals surface area contributed by atoms with Crippen LogP contribution in [0, 0.1) is 16.7 Å². The Hall–Kier alpha value is -1.90. The Kier molecular flexibility index (Phi) is 5.72. The molecule has 1 aromatic carbocycles. The minimum absolute atomic E-state index is 0.229. The number of amides is 1. The maximum atomic E-state index is 12.2. The molecule has 1 aromatic rings. The number of hydrogen-bond donors (Lipinski definition) is 0. The van der Waals surface area contributed by atoms with E-state index in [1.807, 2.05) is 17.0 Å². The fourth-order valence-electron chi connectivity index (χ4n) is 4.23. The average molecular weight is 341 g/mol. The smallest absolute Gasteiger partial charge is 0.222 e. The third-order valence-electron chi connectivity index (χ3n) is 5.54. The first-order chi connectivity index (χ1) is 12.1. The number of methoxy groups -OCH3 is 1. The summed E-state index contributed by atoms with van der Waals surface area (Å²) in [6.45, 7) is 5.24. The third kappa shape index (κ3) is 4.39. The molecule has 1 spiro atoms. The molecule has 0 aliphatic carbocycles. The van der Waals surface area contributed by atoms with E-state index in [0.717, 1.165) is 32.6 Å². The lowest BCUT2D eigenvalue weighted by atomic mass is 9.73. The maximum absolute atomic E-state index is 12.2. The van der Waals surface area contributed by atoms with Crippen molar-refractivity contribution in [2.75, 3.05) is 39.9 Å². The molecule has 5 nitrogen and oxygen atoms in total. The van der Waals surface area contributed by atoms with Crippen LogP contribution in [-0.4, -0.2) is 55.6 Å². The van der Waals surface area contributed by atoms with E-state index < -0.39 is 0 Å². The highest BCUT2D eigenvalue weighted by atomic mass is 16.5. The fourth-order valence-corrected chi connectivity index (χ4v) is 4.23. The molecule has 2 aliphatic rings. The molecule has 5 heteroatoms. The van der Waals surface area contributed by atoms with Gasteiger partial charge in [0.15, 0.2) is 0 Å². The molecule has 0 unspecified atom stereocenters. The topological polar surface area (TPSA) is 56.6 Å². The van der Waals surface area contributed by atoms with Crippen LogP contribution in [0.5, 0.6) is 0 Å². The highest BCUT2D eigenvalue weighted by Crippen LogP contribution is 2.39. The normalized spacial score (nSPS) is 24.5. The van der Waals surface area contributed by atoms with Crippen molar-refractivity contribution in [3.63, 3.8) is 0 Å². The maximum Gasteiger partial charge on any atom is 0.222 e. The number of nitriles is 1. The summed E-state index contributed by atoms with van der Waals surface area (Å²) in [6.07, 6.45) is 4.05. The number of ether oxygens (including phenoxy) is 1. The molecule has 2 fully saturated rings. The lowest BCUT2D eigenvalue weighted by Crippen LogP contribution is -2.54. The predicted molar refractivity (Wildman–Crippen MR) is 95.8 cm³/mol. The van der Waals surface area contributed by atoms with E-state index in [1.54, 1.807) is 7.11 Å². The summed E-state index contributed by atoms with van der Waals surface area (Å²) in [4.78, 5) is 16.7. The van der Waals surface area contributed by atoms with Crippen molar-refractivity contribution in [3.8, 4) is 6.07 Å². The number of piperidine rings is 2. The second kappa shape index (κ2) is 7.99. The summed E-state index contributed by atoms with van der Waals surface area (Å²) in [5.41, 5.74) is 2.18. The zero-order chi connectivity index (χ0) is 17.7. The highest BCUT2D eigenvalue weighted by Gasteiger charge is 2.41. The van der Waals surface area contributed by atoms with Gasteiger partial charge in [-0.3, -0.25) is 9.69 Å². The van der Waals surface area contributed by atoms with E-state index in [0.29, 0.717) is 25.1 Å². The number of carbonyl (C=O) groups excluding carboxylic acids is 1. The molecule has 3 rings (SSSR count). The van der Waals surface area contributed by atoms with Crippen LogP contribution in [0.4, 0.5) is 0 Å². The number of hydrogen-bond acceptors (Lipinski definition) is 4. The lowest BCUT2D eigenvalue weighted by Gasteiger charge is -2.48. The van der Waals surface area contributed by atoms with Gasteiger partial charge in [-0.05, 0) is 43.5 Å². The summed E-state index contributed by atoms with van der Waals surface area (Å²) in [7, 11) is 1.68. The van der Waals surface area contributed by atoms with E-state index in [9.17, 15) is 4.79 Å². The van der Waals surface area contributed by atoms with Gasteiger partial charge in [0, 0.05) is 45.1 Å². The second-order valence-corrected chi connectivity index (χ2v) is 7.43. The van der Waals surface area contributed by atoms with Crippen LogP contribution in [0.15, 0.2) is 24.3 Å².